The molecule has 0 atom stereocenters. The van der Waals surface area contributed by atoms with Gasteiger partial charge in [0.1, 0.15) is 0 Å². The van der Waals surface area contributed by atoms with Crippen molar-refractivity contribution >= 4 is 34.0 Å². The van der Waals surface area contributed by atoms with Gasteiger partial charge in [0.05, 0.1) is 11.1 Å². The van der Waals surface area contributed by atoms with Crippen LogP contribution in [0.4, 0.5) is 35.0 Å². The van der Waals surface area contributed by atoms with Crippen LogP contribution in [-0.2, 0) is 12.6 Å². The number of aryl methyl sites for hydroxylation is 1. The first-order valence-electron chi connectivity index (χ1n) is 12.9. The Morgan fingerprint density at radius 3 is 2.33 bits per heavy atom. The number of aromatic nitrogens is 1. The third-order valence-corrected chi connectivity index (χ3v) is 6.93. The van der Waals surface area contributed by atoms with E-state index in [2.05, 4.69) is 55.7 Å². The van der Waals surface area contributed by atoms with Crippen molar-refractivity contribution in [3.05, 3.63) is 95.7 Å². The molecule has 3 aromatic carbocycles. The molecular weight excluding hydrogens is 503 g/mol. The second kappa shape index (κ2) is 11.3. The van der Waals surface area contributed by atoms with E-state index in [1.807, 2.05) is 25.1 Å². The fraction of sp³-hybridized carbons (Fsp3) is 0.267. The fourth-order valence-corrected chi connectivity index (χ4v) is 4.86. The number of nitrogens with zero attached hydrogens (tertiary/aromatic N) is 3. The van der Waals surface area contributed by atoms with E-state index in [-0.39, 0.29) is 5.69 Å². The van der Waals surface area contributed by atoms with E-state index in [9.17, 15) is 18.0 Å². The van der Waals surface area contributed by atoms with Crippen LogP contribution in [0.2, 0.25) is 0 Å². The number of piperazine rings is 1. The number of benzene rings is 3. The number of carbonyl (C=O) groups excluding carboxylic acids is 1. The second-order valence-electron chi connectivity index (χ2n) is 9.73. The van der Waals surface area contributed by atoms with Gasteiger partial charge < -0.3 is 15.5 Å². The van der Waals surface area contributed by atoms with Crippen LogP contribution in [0.25, 0.3) is 10.9 Å². The zero-order valence-electron chi connectivity index (χ0n) is 21.6. The quantitative estimate of drug-likeness (QED) is 0.294. The van der Waals surface area contributed by atoms with Crippen molar-refractivity contribution in [2.45, 2.75) is 19.5 Å². The zero-order chi connectivity index (χ0) is 27.4. The summed E-state index contributed by atoms with van der Waals surface area (Å²) in [4.78, 5) is 21.9. The molecule has 1 aromatic heterocycles. The molecule has 1 saturated heterocycles. The molecule has 4 aromatic rings. The number of halogens is 3. The number of hydrogen-bond donors (Lipinski definition) is 2. The number of urea groups is 1. The number of rotatable bonds is 6. The molecular formula is C30H30F3N5O. The average molecular weight is 534 g/mol. The van der Waals surface area contributed by atoms with Crippen molar-refractivity contribution < 1.29 is 18.0 Å². The zero-order valence-corrected chi connectivity index (χ0v) is 21.6. The highest BCUT2D eigenvalue weighted by atomic mass is 19.4. The minimum atomic E-state index is -4.41. The van der Waals surface area contributed by atoms with E-state index in [0.29, 0.717) is 5.69 Å². The number of nitrogens with one attached hydrogen (secondary N) is 2. The van der Waals surface area contributed by atoms with Gasteiger partial charge in [-0.25, -0.2) is 4.79 Å². The van der Waals surface area contributed by atoms with Gasteiger partial charge in [0.2, 0.25) is 0 Å². The lowest BCUT2D eigenvalue weighted by Gasteiger charge is -2.36. The third-order valence-electron chi connectivity index (χ3n) is 6.93. The molecule has 1 aliphatic heterocycles. The van der Waals surface area contributed by atoms with Gasteiger partial charge in [-0.1, -0.05) is 18.2 Å². The van der Waals surface area contributed by atoms with Gasteiger partial charge in [0.25, 0.3) is 0 Å². The van der Waals surface area contributed by atoms with Crippen molar-refractivity contribution in [1.29, 1.82) is 0 Å². The van der Waals surface area contributed by atoms with Gasteiger partial charge in [-0.15, -0.1) is 0 Å². The van der Waals surface area contributed by atoms with E-state index in [1.165, 1.54) is 23.2 Å². The van der Waals surface area contributed by atoms with E-state index in [0.717, 1.165) is 68.1 Å². The van der Waals surface area contributed by atoms with Gasteiger partial charge in [-0.2, -0.15) is 13.2 Å². The predicted molar refractivity (Wildman–Crippen MR) is 149 cm³/mol. The lowest BCUT2D eigenvalue weighted by molar-refractivity contribution is -0.137. The van der Waals surface area contributed by atoms with Gasteiger partial charge in [-0.05, 0) is 79.6 Å². The Bertz CT molecular complexity index is 1450. The predicted octanol–water partition coefficient (Wildman–Crippen LogP) is 6.57. The van der Waals surface area contributed by atoms with Gasteiger partial charge in [-0.3, -0.25) is 9.88 Å². The molecule has 2 N–H and O–H groups in total. The number of anilines is 3. The first-order valence-corrected chi connectivity index (χ1v) is 12.9. The lowest BCUT2D eigenvalue weighted by atomic mass is 10.1. The Hall–Kier alpha value is -4.11. The summed E-state index contributed by atoms with van der Waals surface area (Å²) >= 11 is 0. The van der Waals surface area contributed by atoms with Crippen LogP contribution in [0.15, 0.2) is 78.9 Å². The van der Waals surface area contributed by atoms with E-state index in [1.54, 1.807) is 6.07 Å². The Balaban J connectivity index is 1.11. The minimum Gasteiger partial charge on any atom is -0.368 e. The van der Waals surface area contributed by atoms with E-state index in [4.69, 9.17) is 0 Å². The van der Waals surface area contributed by atoms with Crippen LogP contribution in [0, 0.1) is 6.92 Å². The Labute approximate surface area is 225 Å². The molecule has 202 valence electrons. The Kier molecular flexibility index (Phi) is 7.70. The Morgan fingerprint density at radius 2 is 1.59 bits per heavy atom. The van der Waals surface area contributed by atoms with Gasteiger partial charge in [0, 0.05) is 60.9 Å². The average Bonchev–Trinajstić information content (AvgIpc) is 2.92. The first kappa shape index (κ1) is 26.5. The van der Waals surface area contributed by atoms with Gasteiger partial charge in [0.15, 0.2) is 0 Å². The first-order chi connectivity index (χ1) is 18.7. The molecule has 0 saturated carbocycles. The normalized spacial score (nSPS) is 14.4. The van der Waals surface area contributed by atoms with Crippen molar-refractivity contribution in [2.75, 3.05) is 48.3 Å². The molecule has 2 amide bonds. The lowest BCUT2D eigenvalue weighted by Crippen LogP contribution is -2.47. The summed E-state index contributed by atoms with van der Waals surface area (Å²) in [6.07, 6.45) is -3.57. The second-order valence-corrected chi connectivity index (χ2v) is 9.73. The van der Waals surface area contributed by atoms with Crippen molar-refractivity contribution in [3.8, 4) is 0 Å². The fourth-order valence-electron chi connectivity index (χ4n) is 4.86. The molecule has 5 rings (SSSR count). The molecule has 0 bridgehead atoms. The van der Waals surface area contributed by atoms with Crippen LogP contribution in [-0.4, -0.2) is 48.6 Å². The number of fused-ring (bicyclic) bond motifs is 1. The van der Waals surface area contributed by atoms with Crippen molar-refractivity contribution in [2.24, 2.45) is 0 Å². The van der Waals surface area contributed by atoms with Crippen LogP contribution in [0.1, 0.15) is 16.8 Å². The number of amides is 2. The summed E-state index contributed by atoms with van der Waals surface area (Å²) in [6.45, 7) is 6.73. The summed E-state index contributed by atoms with van der Waals surface area (Å²) in [7, 11) is 0. The number of alkyl halides is 3. The van der Waals surface area contributed by atoms with Crippen molar-refractivity contribution in [1.82, 2.24) is 9.88 Å². The summed E-state index contributed by atoms with van der Waals surface area (Å²) in [5.74, 6) is 0. The maximum absolute atomic E-state index is 12.7. The maximum Gasteiger partial charge on any atom is 0.416 e. The topological polar surface area (TPSA) is 60.5 Å². The number of pyridine rings is 1. The van der Waals surface area contributed by atoms with E-state index >= 15 is 0 Å². The highest BCUT2D eigenvalue weighted by molar-refractivity contribution is 5.99. The van der Waals surface area contributed by atoms with Gasteiger partial charge >= 0.3 is 12.2 Å². The molecule has 0 spiro atoms. The molecule has 2 heterocycles. The molecule has 0 aliphatic carbocycles. The molecule has 9 heteroatoms. The van der Waals surface area contributed by atoms with Crippen LogP contribution in [0.5, 0.6) is 0 Å². The summed E-state index contributed by atoms with van der Waals surface area (Å²) < 4.78 is 38.2. The van der Waals surface area contributed by atoms with Crippen LogP contribution < -0.4 is 15.5 Å². The standard InChI is InChI=1S/C30H30F3N5O/c1-21-8-13-26-27(34-21)6-3-7-28(26)38-18-16-37(17-19-38)15-14-22-4-2-5-25(20-22)36-29(39)35-24-11-9-23(10-12-24)30(31,32)33/h2-13,20H,14-19H2,1H3,(H2,35,36,39). The summed E-state index contributed by atoms with van der Waals surface area (Å²) in [5.41, 5.74) is 4.52. The Morgan fingerprint density at radius 1 is 0.872 bits per heavy atom. The molecule has 39 heavy (non-hydrogen) atoms. The highest BCUT2D eigenvalue weighted by Gasteiger charge is 2.30. The largest absolute Gasteiger partial charge is 0.416 e. The summed E-state index contributed by atoms with van der Waals surface area (Å²) in [6, 6.07) is 22.0. The molecule has 1 fully saturated rings. The van der Waals surface area contributed by atoms with Crippen LogP contribution >= 0.6 is 0 Å². The molecule has 0 radical (unpaired) electrons. The van der Waals surface area contributed by atoms with Crippen LogP contribution in [0.3, 0.4) is 0 Å². The number of carbonyl (C=O) groups is 1. The molecule has 0 unspecified atom stereocenters. The van der Waals surface area contributed by atoms with Crippen molar-refractivity contribution in [3.63, 3.8) is 0 Å². The summed E-state index contributed by atoms with van der Waals surface area (Å²) in [5, 5.41) is 6.51. The SMILES string of the molecule is Cc1ccc2c(N3CCN(CCc4cccc(NC(=O)Nc5ccc(C(F)(F)F)cc5)c4)CC3)cccc2n1. The third kappa shape index (κ3) is 6.67. The monoisotopic (exact) mass is 533 g/mol. The highest BCUT2D eigenvalue weighted by Crippen LogP contribution is 2.30. The molecule has 6 nitrogen and oxygen atoms in total. The molecule has 1 aliphatic rings. The maximum atomic E-state index is 12.7. The van der Waals surface area contributed by atoms with E-state index < -0.39 is 17.8 Å². The minimum absolute atomic E-state index is 0.283. The smallest absolute Gasteiger partial charge is 0.368 e. The number of hydrogen-bond acceptors (Lipinski definition) is 4.